The van der Waals surface area contributed by atoms with Gasteiger partial charge in [-0.25, -0.2) is 10.2 Å². The van der Waals surface area contributed by atoms with Gasteiger partial charge in [0.2, 0.25) is 0 Å². The second-order valence-corrected chi connectivity index (χ2v) is 10.7. The Bertz CT molecular complexity index is 1900. The number of carbonyl (C=O) groups is 2. The highest BCUT2D eigenvalue weighted by Crippen LogP contribution is 2.38. The summed E-state index contributed by atoms with van der Waals surface area (Å²) in [5.41, 5.74) is 6.81. The molecule has 44 heavy (non-hydrogen) atoms. The Labute approximate surface area is 263 Å². The van der Waals surface area contributed by atoms with Crippen LogP contribution in [0.4, 0.5) is 5.69 Å². The molecule has 9 nitrogen and oxygen atoms in total. The van der Waals surface area contributed by atoms with Crippen molar-refractivity contribution >= 4 is 57.9 Å². The average molecular weight is 632 g/mol. The summed E-state index contributed by atoms with van der Waals surface area (Å²) in [6.45, 7) is 0. The van der Waals surface area contributed by atoms with Gasteiger partial charge in [-0.3, -0.25) is 4.79 Å². The fourth-order valence-electron chi connectivity index (χ4n) is 4.64. The van der Waals surface area contributed by atoms with Crippen LogP contribution in [0.15, 0.2) is 84.0 Å². The van der Waals surface area contributed by atoms with Crippen molar-refractivity contribution in [1.82, 2.24) is 10.4 Å². The Hall–Kier alpha value is -4.99. The number of hydrogen-bond donors (Lipinski definition) is 2. The molecule has 0 aliphatic heterocycles. The highest BCUT2D eigenvalue weighted by Gasteiger charge is 2.22. The van der Waals surface area contributed by atoms with Gasteiger partial charge in [-0.05, 0) is 66.2 Å². The molecule has 5 rings (SSSR count). The third-order valence-corrected chi connectivity index (χ3v) is 7.38. The predicted molar refractivity (Wildman–Crippen MR) is 174 cm³/mol. The number of amides is 1. The van der Waals surface area contributed by atoms with Gasteiger partial charge in [0.25, 0.3) is 5.91 Å². The van der Waals surface area contributed by atoms with E-state index in [4.69, 9.17) is 37.4 Å². The summed E-state index contributed by atoms with van der Waals surface area (Å²) >= 11 is 12.6. The summed E-state index contributed by atoms with van der Waals surface area (Å²) in [4.78, 5) is 31.5. The van der Waals surface area contributed by atoms with Crippen LogP contribution in [0.25, 0.3) is 22.0 Å². The number of nitrogens with one attached hydrogen (secondary N) is 2. The van der Waals surface area contributed by atoms with E-state index < -0.39 is 11.9 Å². The number of halogens is 2. The van der Waals surface area contributed by atoms with Crippen molar-refractivity contribution in [3.63, 3.8) is 0 Å². The number of hydrazone groups is 1. The predicted octanol–water partition coefficient (Wildman–Crippen LogP) is 7.21. The van der Waals surface area contributed by atoms with Crippen LogP contribution in [0.5, 0.6) is 17.2 Å². The first kappa shape index (κ1) is 30.5. The highest BCUT2D eigenvalue weighted by molar-refractivity contribution is 6.34. The SMILES string of the molecule is COc1cc(C=NNC(=O)c2[nH]c3ccc(N(C)C)cc3c2-c2ccccc2Cl)ccc1OC(=O)c1cc(Cl)ccc1OC. The summed E-state index contributed by atoms with van der Waals surface area (Å²) in [6, 6.07) is 22.8. The molecule has 0 saturated carbocycles. The van der Waals surface area contributed by atoms with Crippen LogP contribution < -0.4 is 24.5 Å². The first-order valence-corrected chi connectivity index (χ1v) is 14.1. The molecule has 0 atom stereocenters. The lowest BCUT2D eigenvalue weighted by atomic mass is 10.0. The fourth-order valence-corrected chi connectivity index (χ4v) is 5.04. The van der Waals surface area contributed by atoms with Crippen LogP contribution in [0.1, 0.15) is 26.4 Å². The van der Waals surface area contributed by atoms with Gasteiger partial charge in [0.05, 0.1) is 20.4 Å². The average Bonchev–Trinajstić information content (AvgIpc) is 3.40. The summed E-state index contributed by atoms with van der Waals surface area (Å²) < 4.78 is 16.2. The van der Waals surface area contributed by atoms with Gasteiger partial charge in [-0.2, -0.15) is 5.10 Å². The number of methoxy groups -OCH3 is 2. The maximum Gasteiger partial charge on any atom is 0.347 e. The number of aromatic amines is 1. The lowest BCUT2D eigenvalue weighted by Crippen LogP contribution is -2.19. The number of esters is 1. The Kier molecular flexibility index (Phi) is 9.08. The number of anilines is 1. The second-order valence-electron chi connectivity index (χ2n) is 9.82. The lowest BCUT2D eigenvalue weighted by Gasteiger charge is -2.13. The number of benzene rings is 4. The van der Waals surface area contributed by atoms with Crippen molar-refractivity contribution in [3.8, 4) is 28.4 Å². The number of fused-ring (bicyclic) bond motifs is 1. The molecule has 224 valence electrons. The molecule has 2 N–H and O–H groups in total. The minimum Gasteiger partial charge on any atom is -0.496 e. The summed E-state index contributed by atoms with van der Waals surface area (Å²) in [7, 11) is 6.80. The molecular formula is C33H28Cl2N4O5. The van der Waals surface area contributed by atoms with Crippen molar-refractivity contribution in [2.24, 2.45) is 5.10 Å². The van der Waals surface area contributed by atoms with E-state index in [1.54, 1.807) is 36.4 Å². The molecule has 0 saturated heterocycles. The molecule has 0 aliphatic rings. The molecule has 0 bridgehead atoms. The van der Waals surface area contributed by atoms with Crippen LogP contribution in [-0.2, 0) is 0 Å². The standard InChI is InChI=1S/C33H28Cl2N4O5/c1-39(2)21-11-12-26-23(17-21)30(22-7-5-6-8-25(22)35)31(37-26)32(40)38-36-18-19-9-13-28(29(15-19)43-4)44-33(41)24-16-20(34)10-14-27(24)42-3/h5-18,37H,1-4H3,(H,38,40). The molecule has 0 spiro atoms. The third-order valence-electron chi connectivity index (χ3n) is 6.82. The van der Waals surface area contributed by atoms with Gasteiger partial charge in [0.1, 0.15) is 17.0 Å². The molecule has 1 aromatic heterocycles. The lowest BCUT2D eigenvalue weighted by molar-refractivity contribution is 0.0726. The minimum absolute atomic E-state index is 0.168. The van der Waals surface area contributed by atoms with Crippen molar-refractivity contribution < 1.29 is 23.8 Å². The Morgan fingerprint density at radius 2 is 1.64 bits per heavy atom. The van der Waals surface area contributed by atoms with Crippen LogP contribution in [0, 0.1) is 0 Å². The first-order valence-electron chi connectivity index (χ1n) is 13.3. The van der Waals surface area contributed by atoms with Crippen molar-refractivity contribution in [2.45, 2.75) is 0 Å². The number of carbonyl (C=O) groups excluding carboxylic acids is 2. The molecule has 0 radical (unpaired) electrons. The number of hydrogen-bond acceptors (Lipinski definition) is 7. The number of rotatable bonds is 9. The van der Waals surface area contributed by atoms with E-state index in [2.05, 4.69) is 15.5 Å². The maximum atomic E-state index is 13.4. The smallest absolute Gasteiger partial charge is 0.347 e. The number of H-pyrrole nitrogens is 1. The fraction of sp³-hybridized carbons (Fsp3) is 0.121. The monoisotopic (exact) mass is 630 g/mol. The third kappa shape index (κ3) is 6.34. The minimum atomic E-state index is -0.665. The van der Waals surface area contributed by atoms with Crippen molar-refractivity contribution in [2.75, 3.05) is 33.2 Å². The topological polar surface area (TPSA) is 105 Å². The van der Waals surface area contributed by atoms with Gasteiger partial charge in [-0.1, -0.05) is 41.4 Å². The Balaban J connectivity index is 1.38. The van der Waals surface area contributed by atoms with E-state index in [1.807, 2.05) is 55.4 Å². The number of nitrogens with zero attached hydrogens (tertiary/aromatic N) is 2. The zero-order valence-electron chi connectivity index (χ0n) is 24.3. The first-order chi connectivity index (χ1) is 21.2. The molecule has 5 aromatic rings. The normalized spacial score (nSPS) is 11.0. The van der Waals surface area contributed by atoms with E-state index in [0.29, 0.717) is 32.6 Å². The maximum absolute atomic E-state index is 13.4. The van der Waals surface area contributed by atoms with Gasteiger partial charge >= 0.3 is 5.97 Å². The summed E-state index contributed by atoms with van der Waals surface area (Å²) in [6.07, 6.45) is 1.45. The molecule has 0 fully saturated rings. The molecule has 1 heterocycles. The van der Waals surface area contributed by atoms with Gasteiger partial charge in [0.15, 0.2) is 11.5 Å². The summed E-state index contributed by atoms with van der Waals surface area (Å²) in [5, 5.41) is 5.89. The van der Waals surface area contributed by atoms with Gasteiger partial charge < -0.3 is 24.1 Å². The Morgan fingerprint density at radius 3 is 2.36 bits per heavy atom. The van der Waals surface area contributed by atoms with Crippen LogP contribution in [0.3, 0.4) is 0 Å². The van der Waals surface area contributed by atoms with Crippen LogP contribution in [0.2, 0.25) is 10.0 Å². The molecule has 4 aromatic carbocycles. The zero-order valence-corrected chi connectivity index (χ0v) is 25.8. The van der Waals surface area contributed by atoms with E-state index in [1.165, 1.54) is 26.5 Å². The van der Waals surface area contributed by atoms with Gasteiger partial charge in [-0.15, -0.1) is 0 Å². The van der Waals surface area contributed by atoms with Crippen LogP contribution in [-0.4, -0.2) is 51.4 Å². The van der Waals surface area contributed by atoms with E-state index in [9.17, 15) is 9.59 Å². The van der Waals surface area contributed by atoms with E-state index in [-0.39, 0.29) is 17.1 Å². The van der Waals surface area contributed by atoms with Crippen LogP contribution >= 0.6 is 23.2 Å². The zero-order chi connectivity index (χ0) is 31.4. The molecular weight excluding hydrogens is 603 g/mol. The Morgan fingerprint density at radius 1 is 0.886 bits per heavy atom. The molecule has 11 heteroatoms. The molecule has 0 unspecified atom stereocenters. The largest absolute Gasteiger partial charge is 0.496 e. The summed E-state index contributed by atoms with van der Waals surface area (Å²) in [5.74, 6) is -0.333. The number of ether oxygens (including phenoxy) is 3. The van der Waals surface area contributed by atoms with Gasteiger partial charge in [0, 0.05) is 51.9 Å². The van der Waals surface area contributed by atoms with Crippen molar-refractivity contribution in [3.05, 3.63) is 106 Å². The number of aromatic nitrogens is 1. The molecule has 0 aliphatic carbocycles. The van der Waals surface area contributed by atoms with Crippen molar-refractivity contribution in [1.29, 1.82) is 0 Å². The highest BCUT2D eigenvalue weighted by atomic mass is 35.5. The quantitative estimate of drug-likeness (QED) is 0.0771. The second kappa shape index (κ2) is 13.1. The molecule has 1 amide bonds. The van der Waals surface area contributed by atoms with E-state index >= 15 is 0 Å². The van der Waals surface area contributed by atoms with E-state index in [0.717, 1.165) is 22.2 Å².